The molecule has 0 bridgehead atoms. The molecule has 0 saturated carbocycles. The summed E-state index contributed by atoms with van der Waals surface area (Å²) >= 11 is 0. The molecule has 2 aromatic rings. The minimum atomic E-state index is 0.754. The van der Waals surface area contributed by atoms with Crippen LogP contribution in [-0.2, 0) is 13.0 Å². The van der Waals surface area contributed by atoms with Crippen LogP contribution in [0.15, 0.2) is 24.3 Å². The van der Waals surface area contributed by atoms with Crippen LogP contribution in [0.3, 0.4) is 0 Å². The lowest BCUT2D eigenvalue weighted by Crippen LogP contribution is -2.23. The molecule has 2 N–H and O–H groups in total. The van der Waals surface area contributed by atoms with E-state index < -0.39 is 0 Å². The molecule has 4 nitrogen and oxygen atoms in total. The van der Waals surface area contributed by atoms with Crippen molar-refractivity contribution in [3.63, 3.8) is 0 Å². The van der Waals surface area contributed by atoms with Crippen LogP contribution in [0.4, 0.5) is 0 Å². The second-order valence-electron chi connectivity index (χ2n) is 4.83. The molecule has 3 rings (SSSR count). The number of hydrogen-bond donors (Lipinski definition) is 2. The maximum atomic E-state index is 5.68. The van der Waals surface area contributed by atoms with Gasteiger partial charge >= 0.3 is 0 Å². The van der Waals surface area contributed by atoms with Crippen molar-refractivity contribution < 1.29 is 4.74 Å². The number of nitrogens with zero attached hydrogens (tertiary/aromatic N) is 1. The number of hydrogen-bond acceptors (Lipinski definition) is 3. The summed E-state index contributed by atoms with van der Waals surface area (Å²) in [6, 6.07) is 8.18. The fourth-order valence-corrected chi connectivity index (χ4v) is 2.42. The summed E-state index contributed by atoms with van der Waals surface area (Å²) in [6.07, 6.45) is 2.04. The SMILES string of the molecule is CCCOc1cccc(-c2n[nH]c3c2CNCC3)c1. The van der Waals surface area contributed by atoms with E-state index >= 15 is 0 Å². The van der Waals surface area contributed by atoms with E-state index in [-0.39, 0.29) is 0 Å². The Morgan fingerprint density at radius 1 is 1.37 bits per heavy atom. The van der Waals surface area contributed by atoms with Gasteiger partial charge in [-0.1, -0.05) is 19.1 Å². The predicted molar refractivity (Wildman–Crippen MR) is 75.2 cm³/mol. The molecule has 100 valence electrons. The molecule has 0 amide bonds. The minimum Gasteiger partial charge on any atom is -0.494 e. The first kappa shape index (κ1) is 12.2. The molecule has 4 heteroatoms. The molecule has 0 fully saturated rings. The molecular weight excluding hydrogens is 238 g/mol. The molecule has 19 heavy (non-hydrogen) atoms. The third-order valence-corrected chi connectivity index (χ3v) is 3.39. The second kappa shape index (κ2) is 5.45. The van der Waals surface area contributed by atoms with Gasteiger partial charge in [-0.15, -0.1) is 0 Å². The first-order valence-electron chi connectivity index (χ1n) is 6.88. The molecule has 1 aromatic heterocycles. The van der Waals surface area contributed by atoms with Crippen molar-refractivity contribution in [1.82, 2.24) is 15.5 Å². The summed E-state index contributed by atoms with van der Waals surface area (Å²) in [7, 11) is 0. The van der Waals surface area contributed by atoms with Crippen LogP contribution in [0.2, 0.25) is 0 Å². The van der Waals surface area contributed by atoms with Gasteiger partial charge in [0.05, 0.1) is 12.3 Å². The summed E-state index contributed by atoms with van der Waals surface area (Å²) in [5, 5.41) is 11.0. The number of benzene rings is 1. The monoisotopic (exact) mass is 257 g/mol. The zero-order valence-corrected chi connectivity index (χ0v) is 11.2. The number of aromatic nitrogens is 2. The Bertz CT molecular complexity index is 562. The lowest BCUT2D eigenvalue weighted by atomic mass is 10.0. The van der Waals surface area contributed by atoms with Crippen molar-refractivity contribution in [3.8, 4) is 17.0 Å². The Balaban J connectivity index is 1.91. The lowest BCUT2D eigenvalue weighted by molar-refractivity contribution is 0.317. The molecule has 0 aliphatic carbocycles. The van der Waals surface area contributed by atoms with Gasteiger partial charge in [-0.2, -0.15) is 5.10 Å². The molecular formula is C15H19N3O. The van der Waals surface area contributed by atoms with Crippen LogP contribution in [0, 0.1) is 0 Å². The fourth-order valence-electron chi connectivity index (χ4n) is 2.42. The smallest absolute Gasteiger partial charge is 0.119 e. The summed E-state index contributed by atoms with van der Waals surface area (Å²) < 4.78 is 5.68. The quantitative estimate of drug-likeness (QED) is 0.885. The number of fused-ring (bicyclic) bond motifs is 1. The molecule has 2 heterocycles. The van der Waals surface area contributed by atoms with E-state index in [1.807, 2.05) is 12.1 Å². The van der Waals surface area contributed by atoms with E-state index in [0.29, 0.717) is 0 Å². The molecule has 1 aliphatic heterocycles. The highest BCUT2D eigenvalue weighted by Gasteiger charge is 2.17. The highest BCUT2D eigenvalue weighted by molar-refractivity contribution is 5.65. The van der Waals surface area contributed by atoms with Crippen molar-refractivity contribution in [2.24, 2.45) is 0 Å². The van der Waals surface area contributed by atoms with E-state index in [1.54, 1.807) is 0 Å². The lowest BCUT2D eigenvalue weighted by Gasteiger charge is -2.13. The Hall–Kier alpha value is -1.81. The van der Waals surface area contributed by atoms with E-state index in [1.165, 1.54) is 11.3 Å². The first-order chi connectivity index (χ1) is 9.38. The van der Waals surface area contributed by atoms with Gasteiger partial charge in [0.15, 0.2) is 0 Å². The predicted octanol–water partition coefficient (Wildman–Crippen LogP) is 2.51. The van der Waals surface area contributed by atoms with Crippen LogP contribution in [-0.4, -0.2) is 23.3 Å². The molecule has 0 spiro atoms. The maximum absolute atomic E-state index is 5.68. The van der Waals surface area contributed by atoms with Gasteiger partial charge in [-0.3, -0.25) is 5.10 Å². The first-order valence-corrected chi connectivity index (χ1v) is 6.88. The summed E-state index contributed by atoms with van der Waals surface area (Å²) in [5.74, 6) is 0.917. The number of aromatic amines is 1. The van der Waals surface area contributed by atoms with E-state index in [2.05, 4.69) is 34.6 Å². The fraction of sp³-hybridized carbons (Fsp3) is 0.400. The summed E-state index contributed by atoms with van der Waals surface area (Å²) in [6.45, 7) is 4.78. The standard InChI is InChI=1S/C15H19N3O/c1-2-8-19-12-5-3-4-11(9-12)15-13-10-16-7-6-14(13)17-18-15/h3-5,9,16H,2,6-8,10H2,1H3,(H,17,18). The molecule has 0 unspecified atom stereocenters. The van der Waals surface area contributed by atoms with Gasteiger partial charge in [0.25, 0.3) is 0 Å². The number of ether oxygens (including phenoxy) is 1. The average molecular weight is 257 g/mol. The molecule has 1 aromatic carbocycles. The van der Waals surface area contributed by atoms with Gasteiger partial charge in [-0.25, -0.2) is 0 Å². The van der Waals surface area contributed by atoms with Gasteiger partial charge in [0.2, 0.25) is 0 Å². The van der Waals surface area contributed by atoms with E-state index in [9.17, 15) is 0 Å². The van der Waals surface area contributed by atoms with Crippen LogP contribution in [0.1, 0.15) is 24.6 Å². The second-order valence-corrected chi connectivity index (χ2v) is 4.83. The summed E-state index contributed by atoms with van der Waals surface area (Å²) in [5.41, 5.74) is 4.71. The largest absolute Gasteiger partial charge is 0.494 e. The third-order valence-electron chi connectivity index (χ3n) is 3.39. The molecule has 0 radical (unpaired) electrons. The highest BCUT2D eigenvalue weighted by Crippen LogP contribution is 2.28. The van der Waals surface area contributed by atoms with Crippen molar-refractivity contribution in [1.29, 1.82) is 0 Å². The van der Waals surface area contributed by atoms with Gasteiger partial charge < -0.3 is 10.1 Å². The van der Waals surface area contributed by atoms with E-state index in [0.717, 1.165) is 49.5 Å². The third kappa shape index (κ3) is 2.49. The highest BCUT2D eigenvalue weighted by atomic mass is 16.5. The molecule has 0 atom stereocenters. The zero-order valence-electron chi connectivity index (χ0n) is 11.2. The Kier molecular flexibility index (Phi) is 3.51. The Labute approximate surface area is 113 Å². The number of rotatable bonds is 4. The Morgan fingerprint density at radius 2 is 2.32 bits per heavy atom. The average Bonchev–Trinajstić information content (AvgIpc) is 2.89. The maximum Gasteiger partial charge on any atom is 0.119 e. The normalized spacial score (nSPS) is 14.2. The van der Waals surface area contributed by atoms with Gasteiger partial charge in [0.1, 0.15) is 5.75 Å². The number of H-pyrrole nitrogens is 1. The van der Waals surface area contributed by atoms with Crippen LogP contribution in [0.25, 0.3) is 11.3 Å². The van der Waals surface area contributed by atoms with E-state index in [4.69, 9.17) is 4.74 Å². The van der Waals surface area contributed by atoms with Crippen molar-refractivity contribution >= 4 is 0 Å². The molecule has 0 saturated heterocycles. The number of nitrogens with one attached hydrogen (secondary N) is 2. The summed E-state index contributed by atoms with van der Waals surface area (Å²) in [4.78, 5) is 0. The zero-order chi connectivity index (χ0) is 13.1. The van der Waals surface area contributed by atoms with Crippen molar-refractivity contribution in [3.05, 3.63) is 35.5 Å². The van der Waals surface area contributed by atoms with Crippen molar-refractivity contribution in [2.75, 3.05) is 13.2 Å². The Morgan fingerprint density at radius 3 is 3.21 bits per heavy atom. The molecule has 1 aliphatic rings. The topological polar surface area (TPSA) is 49.9 Å². The minimum absolute atomic E-state index is 0.754. The van der Waals surface area contributed by atoms with Crippen molar-refractivity contribution in [2.45, 2.75) is 26.3 Å². The van der Waals surface area contributed by atoms with Gasteiger partial charge in [0, 0.05) is 36.3 Å². The van der Waals surface area contributed by atoms with Crippen LogP contribution in [0.5, 0.6) is 5.75 Å². The van der Waals surface area contributed by atoms with Gasteiger partial charge in [-0.05, 0) is 18.6 Å². The van der Waals surface area contributed by atoms with Crippen LogP contribution >= 0.6 is 0 Å². The van der Waals surface area contributed by atoms with Crippen LogP contribution < -0.4 is 10.1 Å².